The van der Waals surface area contributed by atoms with Crippen LogP contribution in [-0.2, 0) is 17.1 Å². The number of carbonyl (C=O) groups is 1. The first-order chi connectivity index (χ1) is 15.0. The topological polar surface area (TPSA) is 49.8 Å². The Morgan fingerprint density at radius 2 is 1.84 bits per heavy atom. The minimum Gasteiger partial charge on any atom is -0.392 e. The molecule has 1 amide bonds. The quantitative estimate of drug-likeness (QED) is 0.509. The highest BCUT2D eigenvalue weighted by Gasteiger charge is 2.52. The molecule has 0 radical (unpaired) electrons. The van der Waals surface area contributed by atoms with E-state index < -0.39 is 5.72 Å². The van der Waals surface area contributed by atoms with Crippen molar-refractivity contribution in [3.63, 3.8) is 0 Å². The van der Waals surface area contributed by atoms with E-state index in [1.807, 2.05) is 30.4 Å². The average molecular weight is 416 g/mol. The molecular weight excluding hydrogens is 386 g/mol. The van der Waals surface area contributed by atoms with Crippen molar-refractivity contribution >= 4 is 5.91 Å². The molecule has 1 N–H and O–H groups in total. The molecule has 4 nitrogen and oxygen atoms in total. The van der Waals surface area contributed by atoms with Crippen LogP contribution in [0, 0.1) is 0 Å². The van der Waals surface area contributed by atoms with E-state index in [4.69, 9.17) is 4.74 Å². The van der Waals surface area contributed by atoms with Gasteiger partial charge in [0.1, 0.15) is 0 Å². The molecule has 1 aliphatic rings. The molecule has 4 heteroatoms. The van der Waals surface area contributed by atoms with Crippen LogP contribution < -0.4 is 0 Å². The van der Waals surface area contributed by atoms with Crippen LogP contribution in [0.3, 0.4) is 0 Å². The van der Waals surface area contributed by atoms with E-state index in [1.165, 1.54) is 0 Å². The van der Waals surface area contributed by atoms with Gasteiger partial charge < -0.3 is 9.84 Å². The summed E-state index contributed by atoms with van der Waals surface area (Å²) in [5, 5.41) is 9.58. The summed E-state index contributed by atoms with van der Waals surface area (Å²) in [7, 11) is 1.57. The van der Waals surface area contributed by atoms with Crippen molar-refractivity contribution in [2.45, 2.75) is 12.3 Å². The van der Waals surface area contributed by atoms with E-state index in [1.54, 1.807) is 60.6 Å². The number of ether oxygens (including phenoxy) is 1. The number of fused-ring (bicyclic) bond motifs is 1. The summed E-state index contributed by atoms with van der Waals surface area (Å²) in [5.41, 5.74) is 2.21. The van der Waals surface area contributed by atoms with Gasteiger partial charge in [-0.15, -0.1) is 0 Å². The van der Waals surface area contributed by atoms with Crippen molar-refractivity contribution in [1.82, 2.24) is 4.90 Å². The smallest absolute Gasteiger partial charge is 0.257 e. The lowest BCUT2D eigenvalue weighted by Gasteiger charge is -2.39. The number of hydrogen-bond donors (Lipinski definition) is 1. The molecule has 0 aromatic heterocycles. The van der Waals surface area contributed by atoms with Crippen LogP contribution in [0.5, 0.6) is 0 Å². The Morgan fingerprint density at radius 1 is 1.10 bits per heavy atom. The van der Waals surface area contributed by atoms with Crippen molar-refractivity contribution in [3.8, 4) is 0 Å². The second kappa shape index (κ2) is 11.1. The predicted octanol–water partition coefficient (Wildman–Crippen LogP) is 5.14. The standard InChI is InChI=1S/C27H29NO3/c1-6-10-12-14-21(9-4)19-28-26(30)24-18-22(20-29)16-17-25(24)27(28,31-5)23(13-8-3)15-11-7-2/h6-18,29H,1-4,19-20H2,5H3/b12-10-,15-11-,21-14+,23-13+/t27-/m1/s1. The van der Waals surface area contributed by atoms with Gasteiger partial charge in [-0.2, -0.15) is 0 Å². The number of aliphatic hydroxyl groups excluding tert-OH is 1. The fourth-order valence-corrected chi connectivity index (χ4v) is 3.63. The summed E-state index contributed by atoms with van der Waals surface area (Å²) >= 11 is 0. The molecular formula is C27H29NO3. The van der Waals surface area contributed by atoms with Crippen molar-refractivity contribution in [2.24, 2.45) is 0 Å². The minimum absolute atomic E-state index is 0.156. The Morgan fingerprint density at radius 3 is 2.42 bits per heavy atom. The Bertz CT molecular complexity index is 994. The number of amides is 1. The second-order valence-electron chi connectivity index (χ2n) is 6.80. The Labute approximate surface area is 184 Å². The van der Waals surface area contributed by atoms with Gasteiger partial charge in [0.15, 0.2) is 5.72 Å². The van der Waals surface area contributed by atoms with E-state index in [-0.39, 0.29) is 19.1 Å². The van der Waals surface area contributed by atoms with E-state index in [0.29, 0.717) is 16.7 Å². The van der Waals surface area contributed by atoms with Crippen LogP contribution in [-0.4, -0.2) is 29.6 Å². The van der Waals surface area contributed by atoms with Crippen LogP contribution in [0.4, 0.5) is 0 Å². The van der Waals surface area contributed by atoms with Crippen LogP contribution in [0.1, 0.15) is 21.5 Å². The fourth-order valence-electron chi connectivity index (χ4n) is 3.63. The number of aliphatic hydroxyl groups is 1. The lowest BCUT2D eigenvalue weighted by molar-refractivity contribution is -0.0792. The molecule has 0 aliphatic carbocycles. The van der Waals surface area contributed by atoms with Gasteiger partial charge in [-0.25, -0.2) is 0 Å². The molecule has 1 heterocycles. The van der Waals surface area contributed by atoms with E-state index in [9.17, 15) is 9.90 Å². The number of nitrogens with zero attached hydrogens (tertiary/aromatic N) is 1. The molecule has 0 saturated carbocycles. The molecule has 0 bridgehead atoms. The molecule has 1 atom stereocenters. The maximum absolute atomic E-state index is 13.6. The monoisotopic (exact) mass is 415 g/mol. The van der Waals surface area contributed by atoms with E-state index in [0.717, 1.165) is 11.1 Å². The van der Waals surface area contributed by atoms with Gasteiger partial charge in [-0.1, -0.05) is 99.2 Å². The van der Waals surface area contributed by atoms with Gasteiger partial charge in [0, 0.05) is 30.4 Å². The zero-order valence-electron chi connectivity index (χ0n) is 18.0. The third kappa shape index (κ3) is 4.66. The number of benzene rings is 1. The normalized spacial score (nSPS) is 19.2. The highest BCUT2D eigenvalue weighted by atomic mass is 16.5. The summed E-state index contributed by atoms with van der Waals surface area (Å²) in [5.74, 6) is -0.199. The van der Waals surface area contributed by atoms with Crippen LogP contribution in [0.25, 0.3) is 0 Å². The second-order valence-corrected chi connectivity index (χ2v) is 6.80. The summed E-state index contributed by atoms with van der Waals surface area (Å²) in [4.78, 5) is 15.2. The Hall–Kier alpha value is -3.47. The molecule has 31 heavy (non-hydrogen) atoms. The van der Waals surface area contributed by atoms with Gasteiger partial charge in [-0.3, -0.25) is 9.69 Å². The first kappa shape index (κ1) is 23.8. The molecule has 1 aromatic rings. The highest BCUT2D eigenvalue weighted by Crippen LogP contribution is 2.46. The molecule has 160 valence electrons. The molecule has 0 saturated heterocycles. The van der Waals surface area contributed by atoms with Crippen LogP contribution in [0.2, 0.25) is 0 Å². The SMILES string of the molecule is C=C/C=C\C=C(/C=C)CN1C(=O)c2cc(CO)ccc2[C@]1(OC)C(/C=C\C=C)=C/C=C. The van der Waals surface area contributed by atoms with Gasteiger partial charge in [0.25, 0.3) is 5.91 Å². The van der Waals surface area contributed by atoms with Gasteiger partial charge in [-0.05, 0) is 17.2 Å². The maximum Gasteiger partial charge on any atom is 0.257 e. The highest BCUT2D eigenvalue weighted by molar-refractivity contribution is 6.01. The van der Waals surface area contributed by atoms with Crippen molar-refractivity contribution < 1.29 is 14.6 Å². The predicted molar refractivity (Wildman–Crippen MR) is 127 cm³/mol. The third-order valence-electron chi connectivity index (χ3n) is 5.04. The van der Waals surface area contributed by atoms with E-state index >= 15 is 0 Å². The van der Waals surface area contributed by atoms with Gasteiger partial charge in [0.2, 0.25) is 0 Å². The van der Waals surface area contributed by atoms with Crippen molar-refractivity contribution in [2.75, 3.05) is 13.7 Å². The number of allylic oxidation sites excluding steroid dienone is 8. The number of rotatable bonds is 11. The molecule has 2 rings (SSSR count). The molecule has 0 spiro atoms. The maximum atomic E-state index is 13.6. The molecule has 0 fully saturated rings. The summed E-state index contributed by atoms with van der Waals surface area (Å²) in [6.07, 6.45) is 17.7. The van der Waals surface area contributed by atoms with Crippen LogP contribution in [0.15, 0.2) is 116 Å². The first-order valence-electron chi connectivity index (χ1n) is 9.88. The van der Waals surface area contributed by atoms with E-state index in [2.05, 4.69) is 26.3 Å². The lowest BCUT2D eigenvalue weighted by Crippen LogP contribution is -2.47. The summed E-state index contributed by atoms with van der Waals surface area (Å²) in [6, 6.07) is 5.34. The largest absolute Gasteiger partial charge is 0.392 e. The summed E-state index contributed by atoms with van der Waals surface area (Å²) in [6.45, 7) is 15.2. The molecule has 0 unspecified atom stereocenters. The fraction of sp³-hybridized carbons (Fsp3) is 0.148. The first-order valence-corrected chi connectivity index (χ1v) is 9.88. The van der Waals surface area contributed by atoms with Crippen molar-refractivity contribution in [1.29, 1.82) is 0 Å². The summed E-state index contributed by atoms with van der Waals surface area (Å²) < 4.78 is 6.11. The lowest BCUT2D eigenvalue weighted by atomic mass is 9.91. The zero-order chi connectivity index (χ0) is 22.9. The third-order valence-corrected chi connectivity index (χ3v) is 5.04. The zero-order valence-corrected chi connectivity index (χ0v) is 18.0. The van der Waals surface area contributed by atoms with Gasteiger partial charge >= 0.3 is 0 Å². The minimum atomic E-state index is -1.18. The average Bonchev–Trinajstić information content (AvgIpc) is 3.03. The number of carbonyl (C=O) groups excluding carboxylic acids is 1. The molecule has 1 aliphatic heterocycles. The number of methoxy groups -OCH3 is 1. The van der Waals surface area contributed by atoms with Gasteiger partial charge in [0.05, 0.1) is 6.61 Å². The Balaban J connectivity index is 2.77. The number of hydrogen-bond acceptors (Lipinski definition) is 3. The molecule has 1 aromatic carbocycles. The van der Waals surface area contributed by atoms with Crippen molar-refractivity contribution in [3.05, 3.63) is 133 Å². The Kier molecular flexibility index (Phi) is 8.50. The van der Waals surface area contributed by atoms with Crippen LogP contribution >= 0.6 is 0 Å².